The summed E-state index contributed by atoms with van der Waals surface area (Å²) in [6.45, 7) is 5.62. The topological polar surface area (TPSA) is 18.5 Å². The van der Waals surface area contributed by atoms with Crippen LogP contribution in [0.1, 0.15) is 6.92 Å². The molecule has 1 atom stereocenters. The predicted molar refractivity (Wildman–Crippen MR) is 48.4 cm³/mol. The second-order valence-corrected chi connectivity index (χ2v) is 2.60. The van der Waals surface area contributed by atoms with E-state index in [1.54, 1.807) is 7.11 Å². The summed E-state index contributed by atoms with van der Waals surface area (Å²) in [7, 11) is 1.64. The van der Waals surface area contributed by atoms with Gasteiger partial charge in [0.05, 0.1) is 13.2 Å². The van der Waals surface area contributed by atoms with E-state index >= 15 is 0 Å². The van der Waals surface area contributed by atoms with Crippen LogP contribution in [0, 0.1) is 6.92 Å². The molecule has 0 N–H and O–H groups in total. The number of methoxy groups -OCH3 is 1. The van der Waals surface area contributed by atoms with Gasteiger partial charge in [-0.15, -0.1) is 0 Å². The highest BCUT2D eigenvalue weighted by Gasteiger charge is 1.96. The molecule has 12 heavy (non-hydrogen) atoms. The van der Waals surface area contributed by atoms with Gasteiger partial charge in [-0.05, 0) is 38.1 Å². The van der Waals surface area contributed by atoms with Crippen molar-refractivity contribution in [2.24, 2.45) is 0 Å². The first-order chi connectivity index (χ1) is 5.72. The van der Waals surface area contributed by atoms with Gasteiger partial charge < -0.3 is 9.47 Å². The molecule has 1 unspecified atom stereocenters. The fraction of sp³-hybridized carbons (Fsp3) is 0.300. The molecule has 0 heterocycles. The molecule has 2 nitrogen and oxygen atoms in total. The van der Waals surface area contributed by atoms with E-state index in [0.717, 1.165) is 11.5 Å². The zero-order valence-electron chi connectivity index (χ0n) is 7.41. The molecule has 0 aliphatic rings. The van der Waals surface area contributed by atoms with E-state index in [1.807, 2.05) is 31.2 Å². The van der Waals surface area contributed by atoms with Crippen molar-refractivity contribution in [3.8, 4) is 11.5 Å². The second-order valence-electron chi connectivity index (χ2n) is 2.60. The van der Waals surface area contributed by atoms with Crippen LogP contribution in [0.4, 0.5) is 0 Å². The van der Waals surface area contributed by atoms with Crippen molar-refractivity contribution >= 4 is 0 Å². The fourth-order valence-corrected chi connectivity index (χ4v) is 0.887. The Balaban J connectivity index is 2.65. The van der Waals surface area contributed by atoms with Crippen LogP contribution < -0.4 is 9.47 Å². The molecule has 0 fully saturated rings. The van der Waals surface area contributed by atoms with E-state index in [2.05, 4.69) is 6.92 Å². The minimum Gasteiger partial charge on any atom is -0.497 e. The maximum Gasteiger partial charge on any atom is 0.119 e. The largest absolute Gasteiger partial charge is 0.497 e. The normalized spacial score (nSPS) is 10.0. The third-order valence-electron chi connectivity index (χ3n) is 1.40. The predicted octanol–water partition coefficient (Wildman–Crippen LogP) is 2.30. The molecule has 0 bridgehead atoms. The van der Waals surface area contributed by atoms with E-state index in [0.29, 0.717) is 0 Å². The number of hydrogen-bond donors (Lipinski definition) is 0. The maximum atomic E-state index is 5.35. The van der Waals surface area contributed by atoms with Gasteiger partial charge in [-0.25, -0.2) is 0 Å². The number of ether oxygens (including phenoxy) is 2. The van der Waals surface area contributed by atoms with Gasteiger partial charge in [-0.2, -0.15) is 0 Å². The number of rotatable bonds is 3. The van der Waals surface area contributed by atoms with Crippen molar-refractivity contribution in [3.05, 3.63) is 31.2 Å². The molecule has 0 aliphatic carbocycles. The third-order valence-corrected chi connectivity index (χ3v) is 1.40. The minimum absolute atomic E-state index is 0.0293. The van der Waals surface area contributed by atoms with Crippen molar-refractivity contribution in [3.63, 3.8) is 0 Å². The molecule has 0 aliphatic heterocycles. The SMILES string of the molecule is [CH2]C(C)Oc1ccc(OC)cc1. The lowest BCUT2D eigenvalue weighted by molar-refractivity contribution is 0.267. The van der Waals surface area contributed by atoms with Gasteiger partial charge in [0.2, 0.25) is 0 Å². The van der Waals surface area contributed by atoms with E-state index in [1.165, 1.54) is 0 Å². The fourth-order valence-electron chi connectivity index (χ4n) is 0.887. The molecule has 1 radical (unpaired) electrons. The van der Waals surface area contributed by atoms with Gasteiger partial charge in [0.25, 0.3) is 0 Å². The summed E-state index contributed by atoms with van der Waals surface area (Å²) in [4.78, 5) is 0. The van der Waals surface area contributed by atoms with Gasteiger partial charge in [0, 0.05) is 0 Å². The van der Waals surface area contributed by atoms with Crippen molar-refractivity contribution in [2.45, 2.75) is 13.0 Å². The van der Waals surface area contributed by atoms with Crippen LogP contribution in [-0.4, -0.2) is 13.2 Å². The Hall–Kier alpha value is -1.18. The van der Waals surface area contributed by atoms with Gasteiger partial charge in [0.1, 0.15) is 11.5 Å². The Morgan fingerprint density at radius 2 is 1.67 bits per heavy atom. The average Bonchev–Trinajstić information content (AvgIpc) is 2.05. The average molecular weight is 165 g/mol. The Morgan fingerprint density at radius 1 is 1.17 bits per heavy atom. The summed E-state index contributed by atoms with van der Waals surface area (Å²) in [6.07, 6.45) is -0.0293. The van der Waals surface area contributed by atoms with E-state index in [9.17, 15) is 0 Å². The highest BCUT2D eigenvalue weighted by atomic mass is 16.5. The van der Waals surface area contributed by atoms with Crippen molar-refractivity contribution < 1.29 is 9.47 Å². The lowest BCUT2D eigenvalue weighted by Gasteiger charge is -2.09. The summed E-state index contributed by atoms with van der Waals surface area (Å²) >= 11 is 0. The molecule has 0 amide bonds. The van der Waals surface area contributed by atoms with Crippen molar-refractivity contribution in [1.82, 2.24) is 0 Å². The van der Waals surface area contributed by atoms with Crippen LogP contribution in [0.15, 0.2) is 24.3 Å². The zero-order valence-corrected chi connectivity index (χ0v) is 7.41. The number of hydrogen-bond acceptors (Lipinski definition) is 2. The Bertz CT molecular complexity index is 226. The van der Waals surface area contributed by atoms with Gasteiger partial charge in [-0.3, -0.25) is 0 Å². The first-order valence-electron chi connectivity index (χ1n) is 3.86. The summed E-state index contributed by atoms with van der Waals surface area (Å²) in [6, 6.07) is 7.44. The molecule has 0 saturated carbocycles. The summed E-state index contributed by atoms with van der Waals surface area (Å²) in [5, 5.41) is 0. The first kappa shape index (κ1) is 8.91. The molecule has 2 heteroatoms. The minimum atomic E-state index is -0.0293. The van der Waals surface area contributed by atoms with Crippen molar-refractivity contribution in [1.29, 1.82) is 0 Å². The lowest BCUT2D eigenvalue weighted by atomic mass is 10.3. The molecule has 0 saturated heterocycles. The summed E-state index contributed by atoms with van der Waals surface area (Å²) in [5.41, 5.74) is 0. The summed E-state index contributed by atoms with van der Waals surface area (Å²) < 4.78 is 10.3. The second kappa shape index (κ2) is 4.00. The molecule has 0 aromatic heterocycles. The smallest absolute Gasteiger partial charge is 0.119 e. The van der Waals surface area contributed by atoms with E-state index in [-0.39, 0.29) is 6.10 Å². The third kappa shape index (κ3) is 2.46. The highest BCUT2D eigenvalue weighted by molar-refractivity contribution is 5.31. The van der Waals surface area contributed by atoms with E-state index < -0.39 is 0 Å². The quantitative estimate of drug-likeness (QED) is 0.684. The molecular formula is C10H13O2. The molecule has 1 aromatic rings. The van der Waals surface area contributed by atoms with Crippen LogP contribution in [0.5, 0.6) is 11.5 Å². The first-order valence-corrected chi connectivity index (χ1v) is 3.86. The van der Waals surface area contributed by atoms with Crippen LogP contribution in [0.3, 0.4) is 0 Å². The van der Waals surface area contributed by atoms with Crippen LogP contribution >= 0.6 is 0 Å². The maximum absolute atomic E-state index is 5.35. The van der Waals surface area contributed by atoms with Crippen molar-refractivity contribution in [2.75, 3.05) is 7.11 Å². The van der Waals surface area contributed by atoms with Gasteiger partial charge in [0.15, 0.2) is 0 Å². The van der Waals surface area contributed by atoms with Crippen LogP contribution in [0.2, 0.25) is 0 Å². The molecule has 65 valence electrons. The Kier molecular flexibility index (Phi) is 2.97. The Morgan fingerprint density at radius 3 is 2.08 bits per heavy atom. The standard InChI is InChI=1S/C10H13O2/c1-8(2)12-10-6-4-9(11-3)5-7-10/h4-8H,1H2,2-3H3. The summed E-state index contributed by atoms with van der Waals surface area (Å²) in [5.74, 6) is 1.65. The zero-order chi connectivity index (χ0) is 8.97. The van der Waals surface area contributed by atoms with Crippen LogP contribution in [-0.2, 0) is 0 Å². The number of benzene rings is 1. The molecule has 1 aromatic carbocycles. The Labute approximate surface area is 73.1 Å². The monoisotopic (exact) mass is 165 g/mol. The molecule has 1 rings (SSSR count). The lowest BCUT2D eigenvalue weighted by Crippen LogP contribution is -2.05. The van der Waals surface area contributed by atoms with Gasteiger partial charge in [-0.1, -0.05) is 0 Å². The van der Waals surface area contributed by atoms with Gasteiger partial charge >= 0.3 is 0 Å². The molecular weight excluding hydrogens is 152 g/mol. The molecule has 0 spiro atoms. The van der Waals surface area contributed by atoms with Crippen LogP contribution in [0.25, 0.3) is 0 Å². The highest BCUT2D eigenvalue weighted by Crippen LogP contribution is 2.17. The van der Waals surface area contributed by atoms with E-state index in [4.69, 9.17) is 9.47 Å².